The largest absolute Gasteiger partial charge is 0.408 e. The number of nitrogens with zero attached hydrogens (tertiary/aromatic N) is 1. The molecule has 34 heavy (non-hydrogen) atoms. The summed E-state index contributed by atoms with van der Waals surface area (Å²) in [4.78, 5) is 0. The molecule has 5 rings (SSSR count). The third-order valence-electron chi connectivity index (χ3n) is 6.73. The number of hydrogen-bond acceptors (Lipinski definition) is 3. The predicted molar refractivity (Wildman–Crippen MR) is 152 cm³/mol. The van der Waals surface area contributed by atoms with Gasteiger partial charge in [-0.3, -0.25) is 0 Å². The molecule has 0 aliphatic heterocycles. The standard InChI is InChI=1S/C29H33NO2PSi/c1-7-34(6)26-18-22-13-9-11-15-24(22)28-27-23-14-10-8-12-21(23)16-17-25(27)31-33(32-29(26)28)30(19(2)3)20(4)5/h8-20H,7H2,1-6H3. The van der Waals surface area contributed by atoms with Crippen molar-refractivity contribution in [2.45, 2.75) is 59.3 Å². The van der Waals surface area contributed by atoms with E-state index in [1.54, 1.807) is 0 Å². The van der Waals surface area contributed by atoms with Crippen LogP contribution in [0.2, 0.25) is 12.6 Å². The van der Waals surface area contributed by atoms with Gasteiger partial charge in [0.05, 0.1) is 8.80 Å². The van der Waals surface area contributed by atoms with Crippen molar-refractivity contribution in [3.05, 3.63) is 66.7 Å². The summed E-state index contributed by atoms with van der Waals surface area (Å²) in [6, 6.07) is 25.8. The lowest BCUT2D eigenvalue weighted by Crippen LogP contribution is -2.34. The van der Waals surface area contributed by atoms with E-state index >= 15 is 0 Å². The quantitative estimate of drug-likeness (QED) is 0.233. The molecule has 0 amide bonds. The zero-order valence-corrected chi connectivity index (χ0v) is 22.8. The molecule has 1 atom stereocenters. The molecule has 4 aromatic carbocycles. The second-order valence-corrected chi connectivity index (χ2v) is 13.7. The summed E-state index contributed by atoms with van der Waals surface area (Å²) in [5, 5.41) is 8.65. The summed E-state index contributed by atoms with van der Waals surface area (Å²) < 4.78 is 16.2. The van der Waals surface area contributed by atoms with Gasteiger partial charge in [0.1, 0.15) is 11.2 Å². The Kier molecular flexibility index (Phi) is 6.33. The van der Waals surface area contributed by atoms with Gasteiger partial charge in [0.2, 0.25) is 0 Å². The van der Waals surface area contributed by atoms with Crippen LogP contribution in [-0.4, -0.2) is 20.9 Å². The first-order valence-corrected chi connectivity index (χ1v) is 15.6. The van der Waals surface area contributed by atoms with Crippen molar-refractivity contribution in [2.24, 2.45) is 0 Å². The van der Waals surface area contributed by atoms with Crippen molar-refractivity contribution >= 4 is 65.6 Å². The van der Waals surface area contributed by atoms with Gasteiger partial charge in [-0.05, 0) is 60.5 Å². The number of benzene rings is 4. The minimum absolute atomic E-state index is 0.304. The average Bonchev–Trinajstić information content (AvgIpc) is 3.00. The Bertz CT molecular complexity index is 1530. The van der Waals surface area contributed by atoms with E-state index in [0.717, 1.165) is 22.6 Å². The van der Waals surface area contributed by atoms with Gasteiger partial charge in [0, 0.05) is 22.9 Å². The van der Waals surface area contributed by atoms with Gasteiger partial charge in [-0.15, -0.1) is 0 Å². The van der Waals surface area contributed by atoms with Crippen molar-refractivity contribution < 1.29 is 8.39 Å². The Morgan fingerprint density at radius 3 is 2.06 bits per heavy atom. The van der Waals surface area contributed by atoms with E-state index in [2.05, 4.69) is 113 Å². The third-order valence-corrected chi connectivity index (χ3v) is 11.1. The Morgan fingerprint density at radius 2 is 1.41 bits per heavy atom. The van der Waals surface area contributed by atoms with E-state index in [4.69, 9.17) is 8.39 Å². The minimum Gasteiger partial charge on any atom is -0.408 e. The highest BCUT2D eigenvalue weighted by Crippen LogP contribution is 2.42. The fourth-order valence-electron chi connectivity index (χ4n) is 5.01. The highest BCUT2D eigenvalue weighted by atomic mass is 31.1. The molecule has 3 nitrogen and oxygen atoms in total. The van der Waals surface area contributed by atoms with E-state index in [1.165, 1.54) is 32.1 Å². The lowest BCUT2D eigenvalue weighted by Gasteiger charge is -2.26. The van der Waals surface area contributed by atoms with Crippen LogP contribution in [0.1, 0.15) is 34.6 Å². The van der Waals surface area contributed by atoms with Crippen molar-refractivity contribution in [3.8, 4) is 0 Å². The van der Waals surface area contributed by atoms with Crippen molar-refractivity contribution in [1.29, 1.82) is 0 Å². The summed E-state index contributed by atoms with van der Waals surface area (Å²) >= 11 is 0. The first-order valence-electron chi connectivity index (χ1n) is 12.3. The summed E-state index contributed by atoms with van der Waals surface area (Å²) in [6.07, 6.45) is 0. The molecule has 0 saturated heterocycles. The zero-order chi connectivity index (χ0) is 24.0. The lowest BCUT2D eigenvalue weighted by molar-refractivity contribution is 0.571. The molecule has 1 radical (unpaired) electrons. The van der Waals surface area contributed by atoms with E-state index in [1.807, 2.05) is 0 Å². The predicted octanol–water partition coefficient (Wildman–Crippen LogP) is 8.70. The van der Waals surface area contributed by atoms with Gasteiger partial charge < -0.3 is 8.39 Å². The molecule has 5 aromatic rings. The summed E-state index contributed by atoms with van der Waals surface area (Å²) in [5.74, 6) is 0. The van der Waals surface area contributed by atoms with Gasteiger partial charge >= 0.3 is 8.16 Å². The van der Waals surface area contributed by atoms with Crippen LogP contribution in [0.25, 0.3) is 43.5 Å². The molecule has 0 saturated carbocycles. The highest BCUT2D eigenvalue weighted by Gasteiger charge is 2.24. The molecule has 1 heterocycles. The van der Waals surface area contributed by atoms with E-state index in [-0.39, 0.29) is 0 Å². The van der Waals surface area contributed by atoms with E-state index in [9.17, 15) is 0 Å². The van der Waals surface area contributed by atoms with Gasteiger partial charge in [0.25, 0.3) is 0 Å². The van der Waals surface area contributed by atoms with Crippen LogP contribution < -0.4 is 9.86 Å². The molecular weight excluding hydrogens is 453 g/mol. The molecule has 175 valence electrons. The molecule has 1 unspecified atom stereocenters. The number of fused-ring (bicyclic) bond motifs is 7. The van der Waals surface area contributed by atoms with Crippen LogP contribution in [0.4, 0.5) is 0 Å². The maximum atomic E-state index is 7.03. The van der Waals surface area contributed by atoms with Crippen molar-refractivity contribution in [1.82, 2.24) is 0 Å². The molecule has 0 bridgehead atoms. The Morgan fingerprint density at radius 1 is 0.794 bits per heavy atom. The zero-order valence-electron chi connectivity index (χ0n) is 20.9. The van der Waals surface area contributed by atoms with Gasteiger partial charge in [-0.25, -0.2) is 0 Å². The van der Waals surface area contributed by atoms with Crippen molar-refractivity contribution in [3.63, 3.8) is 0 Å². The fraction of sp³-hybridized carbons (Fsp3) is 0.310. The SMILES string of the molecule is CC[Si](C)c1cc2ccccc2c2c1op(N(C(C)C)C(C)C)oc1ccc3ccccc3c12. The van der Waals surface area contributed by atoms with Crippen LogP contribution in [0.15, 0.2) is 75.1 Å². The summed E-state index contributed by atoms with van der Waals surface area (Å²) in [6.45, 7) is 13.6. The van der Waals surface area contributed by atoms with Crippen LogP contribution in [0, 0.1) is 0 Å². The van der Waals surface area contributed by atoms with E-state index < -0.39 is 17.0 Å². The smallest absolute Gasteiger partial charge is 0.310 e. The Balaban J connectivity index is 2.12. The molecule has 0 fully saturated rings. The van der Waals surface area contributed by atoms with Gasteiger partial charge in [-0.1, -0.05) is 80.2 Å². The maximum Gasteiger partial charge on any atom is 0.310 e. The average molecular weight is 487 g/mol. The molecular formula is C29H33NO2PSi. The molecule has 0 aliphatic rings. The molecule has 1 aromatic heterocycles. The fourth-order valence-corrected chi connectivity index (χ4v) is 8.09. The van der Waals surface area contributed by atoms with Crippen LogP contribution in [0.5, 0.6) is 0 Å². The maximum absolute atomic E-state index is 7.03. The second-order valence-electron chi connectivity index (χ2n) is 9.63. The summed E-state index contributed by atoms with van der Waals surface area (Å²) in [5.41, 5.74) is 1.95. The number of rotatable bonds is 5. The lowest BCUT2D eigenvalue weighted by atomic mass is 9.99. The first kappa shape index (κ1) is 23.2. The molecule has 5 heteroatoms. The van der Waals surface area contributed by atoms with Gasteiger partial charge in [0.15, 0.2) is 0 Å². The molecule has 0 aliphatic carbocycles. The monoisotopic (exact) mass is 486 g/mol. The topological polar surface area (TPSA) is 29.5 Å². The normalized spacial score (nSPS) is 12.9. The Hall–Kier alpha value is -2.52. The van der Waals surface area contributed by atoms with Crippen molar-refractivity contribution in [2.75, 3.05) is 4.67 Å². The third kappa shape index (κ3) is 3.88. The van der Waals surface area contributed by atoms with Gasteiger partial charge in [-0.2, -0.15) is 4.67 Å². The number of hydrogen-bond donors (Lipinski definition) is 0. The molecule has 0 spiro atoms. The molecule has 0 N–H and O–H groups in total. The van der Waals surface area contributed by atoms with Crippen LogP contribution in [-0.2, 0) is 0 Å². The summed E-state index contributed by atoms with van der Waals surface area (Å²) in [7, 11) is -2.11. The second kappa shape index (κ2) is 9.26. The highest BCUT2D eigenvalue weighted by molar-refractivity contribution is 7.39. The van der Waals surface area contributed by atoms with E-state index in [0.29, 0.717) is 12.1 Å². The Labute approximate surface area is 204 Å². The van der Waals surface area contributed by atoms with Crippen LogP contribution in [0.3, 0.4) is 0 Å². The minimum atomic E-state index is -1.32. The van der Waals surface area contributed by atoms with Crippen LogP contribution >= 0.6 is 8.16 Å². The first-order chi connectivity index (χ1) is 16.4.